The number of carboxylic acids is 1. The molecule has 0 spiro atoms. The van der Waals surface area contributed by atoms with E-state index in [-0.39, 0.29) is 23.2 Å². The number of carboxylic acid groups (broad SMARTS) is 1. The quantitative estimate of drug-likeness (QED) is 0.590. The molecule has 1 saturated heterocycles. The fourth-order valence-corrected chi connectivity index (χ4v) is 4.77. The monoisotopic (exact) mass is 485 g/mol. The van der Waals surface area contributed by atoms with Crippen molar-refractivity contribution in [3.63, 3.8) is 0 Å². The summed E-state index contributed by atoms with van der Waals surface area (Å²) < 4.78 is 0. The van der Waals surface area contributed by atoms with Gasteiger partial charge in [0, 0.05) is 47.9 Å². The lowest BCUT2D eigenvalue weighted by atomic mass is 9.86. The minimum atomic E-state index is -0.818. The summed E-state index contributed by atoms with van der Waals surface area (Å²) in [5.74, 6) is -0.744. The average Bonchev–Trinajstić information content (AvgIpc) is 3.04. The van der Waals surface area contributed by atoms with Crippen LogP contribution in [0.4, 0.5) is 0 Å². The molecule has 3 unspecified atom stereocenters. The number of aromatic nitrogens is 2. The van der Waals surface area contributed by atoms with E-state index in [1.54, 1.807) is 4.90 Å². The number of aliphatic carboxylic acids is 1. The Morgan fingerprint density at radius 2 is 1.81 bits per heavy atom. The first-order chi connectivity index (χ1) is 17.1. The Bertz CT molecular complexity index is 1190. The van der Waals surface area contributed by atoms with Gasteiger partial charge in [-0.1, -0.05) is 82.3 Å². The minimum Gasteiger partial charge on any atom is -0.481 e. The van der Waals surface area contributed by atoms with Crippen LogP contribution in [0.25, 0.3) is 17.0 Å². The Morgan fingerprint density at radius 1 is 1.11 bits per heavy atom. The number of hydrogen-bond acceptors (Lipinski definition) is 4. The van der Waals surface area contributed by atoms with Crippen molar-refractivity contribution in [1.29, 1.82) is 0 Å². The average molecular weight is 486 g/mol. The summed E-state index contributed by atoms with van der Waals surface area (Å²) in [7, 11) is 0. The predicted molar refractivity (Wildman–Crippen MR) is 142 cm³/mol. The third-order valence-corrected chi connectivity index (χ3v) is 7.24. The number of carbonyl (C=O) groups is 2. The van der Waals surface area contributed by atoms with Crippen molar-refractivity contribution in [3.8, 4) is 11.4 Å². The number of amides is 1. The summed E-state index contributed by atoms with van der Waals surface area (Å²) in [6, 6.07) is 8.00. The molecule has 1 amide bonds. The van der Waals surface area contributed by atoms with E-state index in [2.05, 4.69) is 54.2 Å². The Labute approximate surface area is 213 Å². The van der Waals surface area contributed by atoms with Crippen LogP contribution in [0, 0.1) is 23.2 Å². The lowest BCUT2D eigenvalue weighted by molar-refractivity contribution is -0.149. The summed E-state index contributed by atoms with van der Waals surface area (Å²) in [6.07, 6.45) is 15.6. The summed E-state index contributed by atoms with van der Waals surface area (Å²) in [6.45, 7) is 9.12. The molecule has 6 heteroatoms. The van der Waals surface area contributed by atoms with E-state index in [1.807, 2.05) is 50.5 Å². The van der Waals surface area contributed by atoms with Gasteiger partial charge in [0.25, 0.3) is 0 Å². The van der Waals surface area contributed by atoms with Gasteiger partial charge in [-0.05, 0) is 29.9 Å². The maximum atomic E-state index is 13.0. The number of carbonyl (C=O) groups excluding carboxylic acids is 1. The Kier molecular flexibility index (Phi) is 7.53. The van der Waals surface area contributed by atoms with Gasteiger partial charge in [-0.2, -0.15) is 0 Å². The Hall–Kier alpha value is -3.54. The number of rotatable bonds is 6. The molecule has 0 bridgehead atoms. The summed E-state index contributed by atoms with van der Waals surface area (Å²) in [5, 5.41) is 9.46. The van der Waals surface area contributed by atoms with E-state index < -0.39 is 11.9 Å². The topological polar surface area (TPSA) is 83.4 Å². The molecule has 4 rings (SSSR count). The van der Waals surface area contributed by atoms with Gasteiger partial charge in [-0.15, -0.1) is 0 Å². The highest BCUT2D eigenvalue weighted by atomic mass is 16.4. The summed E-state index contributed by atoms with van der Waals surface area (Å²) >= 11 is 0. The smallest absolute Gasteiger partial charge is 0.308 e. The molecule has 1 aliphatic carbocycles. The Morgan fingerprint density at radius 3 is 2.47 bits per heavy atom. The molecule has 2 aliphatic rings. The summed E-state index contributed by atoms with van der Waals surface area (Å²) in [5.41, 5.74) is 4.05. The van der Waals surface area contributed by atoms with Gasteiger partial charge in [-0.25, -0.2) is 9.97 Å². The molecule has 1 N–H and O–H groups in total. The normalized spacial score (nSPS) is 22.0. The van der Waals surface area contributed by atoms with E-state index in [4.69, 9.17) is 0 Å². The van der Waals surface area contributed by atoms with Crippen molar-refractivity contribution in [2.45, 2.75) is 40.5 Å². The lowest BCUT2D eigenvalue weighted by Crippen LogP contribution is -2.47. The van der Waals surface area contributed by atoms with Gasteiger partial charge >= 0.3 is 5.97 Å². The molecule has 1 aliphatic heterocycles. The Balaban J connectivity index is 1.38. The van der Waals surface area contributed by atoms with Crippen LogP contribution in [0.1, 0.15) is 45.2 Å². The van der Waals surface area contributed by atoms with Crippen molar-refractivity contribution in [2.24, 2.45) is 23.2 Å². The van der Waals surface area contributed by atoms with Gasteiger partial charge in [0.2, 0.25) is 5.91 Å². The van der Waals surface area contributed by atoms with Crippen LogP contribution in [0.15, 0.2) is 67.0 Å². The fourth-order valence-electron chi connectivity index (χ4n) is 4.77. The van der Waals surface area contributed by atoms with Crippen molar-refractivity contribution in [3.05, 3.63) is 78.2 Å². The molecule has 2 heterocycles. The number of allylic oxidation sites excluding steroid dienone is 6. The molecule has 3 atom stereocenters. The molecular formula is C30H35N3O3. The lowest BCUT2D eigenvalue weighted by Gasteiger charge is -2.36. The molecule has 36 heavy (non-hydrogen) atoms. The zero-order valence-corrected chi connectivity index (χ0v) is 21.5. The SMILES string of the molecule is CC(Cc1ccc(-c2ncc(C3=CC=CC(C)(C)C=C3)cn2)cc1)C(=O)N1CCC(C)C(C(=O)O)C1. The van der Waals surface area contributed by atoms with Gasteiger partial charge in [0.05, 0.1) is 5.92 Å². The summed E-state index contributed by atoms with van der Waals surface area (Å²) in [4.78, 5) is 35.4. The van der Waals surface area contributed by atoms with Crippen molar-refractivity contribution >= 4 is 17.4 Å². The molecule has 0 saturated carbocycles. The zero-order valence-electron chi connectivity index (χ0n) is 21.5. The number of nitrogens with zero attached hydrogens (tertiary/aromatic N) is 3. The fraction of sp³-hybridized carbons (Fsp3) is 0.400. The molecule has 2 aromatic rings. The van der Waals surface area contributed by atoms with Crippen LogP contribution >= 0.6 is 0 Å². The standard InChI is InChI=1S/C30H35N3O3/c1-20-12-15-33(19-26(20)29(35)36)28(34)21(2)16-22-7-9-24(10-8-22)27-31-17-25(18-32-27)23-6-5-13-30(3,4)14-11-23/h5-11,13-14,17-18,20-21,26H,12,15-16,19H2,1-4H3,(H,35,36). The van der Waals surface area contributed by atoms with Gasteiger partial charge in [0.1, 0.15) is 0 Å². The molecule has 1 aromatic heterocycles. The van der Waals surface area contributed by atoms with E-state index in [0.29, 0.717) is 25.3 Å². The van der Waals surface area contributed by atoms with Crippen molar-refractivity contribution < 1.29 is 14.7 Å². The van der Waals surface area contributed by atoms with Crippen LogP contribution < -0.4 is 0 Å². The van der Waals surface area contributed by atoms with Crippen LogP contribution in [0.5, 0.6) is 0 Å². The van der Waals surface area contributed by atoms with Crippen molar-refractivity contribution in [2.75, 3.05) is 13.1 Å². The van der Waals surface area contributed by atoms with Gasteiger partial charge in [-0.3, -0.25) is 9.59 Å². The van der Waals surface area contributed by atoms with Crippen molar-refractivity contribution in [1.82, 2.24) is 14.9 Å². The van der Waals surface area contributed by atoms with E-state index in [9.17, 15) is 14.7 Å². The highest BCUT2D eigenvalue weighted by Gasteiger charge is 2.34. The molecular weight excluding hydrogens is 450 g/mol. The molecule has 6 nitrogen and oxygen atoms in total. The van der Waals surface area contributed by atoms with Crippen LogP contribution in [0.3, 0.4) is 0 Å². The number of piperidine rings is 1. The number of hydrogen-bond donors (Lipinski definition) is 1. The first kappa shape index (κ1) is 25.5. The second-order valence-corrected chi connectivity index (χ2v) is 10.7. The largest absolute Gasteiger partial charge is 0.481 e. The molecule has 1 aromatic carbocycles. The molecule has 1 fully saturated rings. The highest BCUT2D eigenvalue weighted by molar-refractivity contribution is 5.80. The van der Waals surface area contributed by atoms with Crippen LogP contribution in [-0.2, 0) is 16.0 Å². The third kappa shape index (κ3) is 5.99. The second kappa shape index (κ2) is 10.6. The van der Waals surface area contributed by atoms with Gasteiger partial charge < -0.3 is 10.0 Å². The zero-order chi connectivity index (χ0) is 25.9. The van der Waals surface area contributed by atoms with E-state index in [0.717, 1.165) is 28.7 Å². The van der Waals surface area contributed by atoms with Gasteiger partial charge in [0.15, 0.2) is 5.82 Å². The number of likely N-dealkylation sites (tertiary alicyclic amines) is 1. The van der Waals surface area contributed by atoms with Crippen LogP contribution in [-0.4, -0.2) is 44.9 Å². The van der Waals surface area contributed by atoms with E-state index in [1.165, 1.54) is 0 Å². The maximum absolute atomic E-state index is 13.0. The molecule has 0 radical (unpaired) electrons. The first-order valence-electron chi connectivity index (χ1n) is 12.6. The first-order valence-corrected chi connectivity index (χ1v) is 12.6. The minimum absolute atomic E-state index is 0.0240. The maximum Gasteiger partial charge on any atom is 0.308 e. The van der Waals surface area contributed by atoms with E-state index >= 15 is 0 Å². The second-order valence-electron chi connectivity index (χ2n) is 10.7. The predicted octanol–water partition coefficient (Wildman–Crippen LogP) is 5.43. The van der Waals surface area contributed by atoms with Crippen LogP contribution in [0.2, 0.25) is 0 Å². The number of benzene rings is 1. The third-order valence-electron chi connectivity index (χ3n) is 7.24. The molecule has 188 valence electrons. The highest BCUT2D eigenvalue weighted by Crippen LogP contribution is 2.28.